The average Bonchev–Trinajstić information content (AvgIpc) is 3.25. The number of fused-ring (bicyclic) bond motifs is 1. The van der Waals surface area contributed by atoms with E-state index < -0.39 is 0 Å². The first-order valence-corrected chi connectivity index (χ1v) is 10.4. The summed E-state index contributed by atoms with van der Waals surface area (Å²) in [6.07, 6.45) is 0.289. The van der Waals surface area contributed by atoms with Crippen molar-refractivity contribution in [1.82, 2.24) is 9.78 Å². The molecule has 144 valence electrons. The van der Waals surface area contributed by atoms with Crippen LogP contribution in [-0.2, 0) is 22.7 Å². The lowest BCUT2D eigenvalue weighted by Crippen LogP contribution is -2.18. The van der Waals surface area contributed by atoms with Crippen molar-refractivity contribution in [2.24, 2.45) is 0 Å². The minimum atomic E-state index is -0.0566. The van der Waals surface area contributed by atoms with E-state index in [2.05, 4.69) is 37.4 Å². The molecule has 28 heavy (non-hydrogen) atoms. The number of anilines is 1. The maximum atomic E-state index is 12.8. The fraction of sp³-hybridized carbons (Fsp3) is 0.273. The second kappa shape index (κ2) is 7.72. The van der Waals surface area contributed by atoms with Gasteiger partial charge in [0.05, 0.1) is 24.9 Å². The molecule has 6 heteroatoms. The van der Waals surface area contributed by atoms with E-state index in [1.54, 1.807) is 7.11 Å². The van der Waals surface area contributed by atoms with Crippen LogP contribution in [0.1, 0.15) is 27.9 Å². The van der Waals surface area contributed by atoms with Crippen molar-refractivity contribution >= 4 is 23.5 Å². The van der Waals surface area contributed by atoms with Gasteiger partial charge in [-0.2, -0.15) is 16.9 Å². The van der Waals surface area contributed by atoms with E-state index in [1.807, 2.05) is 40.7 Å². The van der Waals surface area contributed by atoms with Crippen molar-refractivity contribution in [3.05, 3.63) is 70.4 Å². The molecule has 0 spiro atoms. The van der Waals surface area contributed by atoms with Crippen LogP contribution in [0.3, 0.4) is 0 Å². The molecule has 5 nitrogen and oxygen atoms in total. The third kappa shape index (κ3) is 3.64. The lowest BCUT2D eigenvalue weighted by molar-refractivity contribution is -0.115. The van der Waals surface area contributed by atoms with Crippen molar-refractivity contribution in [3.8, 4) is 11.4 Å². The molecule has 0 unspecified atom stereocenters. The summed E-state index contributed by atoms with van der Waals surface area (Å²) in [5, 5.41) is 7.92. The quantitative estimate of drug-likeness (QED) is 0.697. The fourth-order valence-corrected chi connectivity index (χ4v) is 4.54. The monoisotopic (exact) mass is 393 g/mol. The molecule has 2 aromatic carbocycles. The van der Waals surface area contributed by atoms with Crippen LogP contribution in [0.25, 0.3) is 5.69 Å². The van der Waals surface area contributed by atoms with E-state index in [-0.39, 0.29) is 12.3 Å². The summed E-state index contributed by atoms with van der Waals surface area (Å²) in [7, 11) is 1.63. The summed E-state index contributed by atoms with van der Waals surface area (Å²) in [4.78, 5) is 12.8. The van der Waals surface area contributed by atoms with E-state index in [1.165, 1.54) is 5.56 Å². The van der Waals surface area contributed by atoms with Gasteiger partial charge in [0.15, 0.2) is 0 Å². The number of rotatable bonds is 5. The molecule has 1 aromatic heterocycles. The normalized spacial score (nSPS) is 12.7. The predicted octanol–water partition coefficient (Wildman–Crippen LogP) is 4.43. The highest BCUT2D eigenvalue weighted by molar-refractivity contribution is 7.98. The number of hydrogen-bond donors (Lipinski definition) is 1. The summed E-state index contributed by atoms with van der Waals surface area (Å²) >= 11 is 1.83. The summed E-state index contributed by atoms with van der Waals surface area (Å²) in [5.41, 5.74) is 6.45. The van der Waals surface area contributed by atoms with Gasteiger partial charge >= 0.3 is 0 Å². The van der Waals surface area contributed by atoms with E-state index in [0.717, 1.165) is 51.1 Å². The van der Waals surface area contributed by atoms with Gasteiger partial charge in [-0.15, -0.1) is 0 Å². The van der Waals surface area contributed by atoms with Crippen LogP contribution in [0.2, 0.25) is 0 Å². The van der Waals surface area contributed by atoms with E-state index in [0.29, 0.717) is 0 Å². The van der Waals surface area contributed by atoms with Gasteiger partial charge in [0.1, 0.15) is 11.6 Å². The summed E-state index contributed by atoms with van der Waals surface area (Å²) < 4.78 is 7.15. The zero-order valence-electron chi connectivity index (χ0n) is 16.3. The number of carbonyl (C=O) groups is 1. The molecule has 0 atom stereocenters. The van der Waals surface area contributed by atoms with Gasteiger partial charge in [0.2, 0.25) is 5.91 Å². The number of benzene rings is 2. The maximum absolute atomic E-state index is 12.8. The lowest BCUT2D eigenvalue weighted by atomic mass is 10.1. The molecule has 1 N–H and O–H groups in total. The third-order valence-corrected chi connectivity index (χ3v) is 5.86. The number of nitrogens with one attached hydrogen (secondary N) is 1. The maximum Gasteiger partial charge on any atom is 0.229 e. The van der Waals surface area contributed by atoms with Crippen LogP contribution >= 0.6 is 11.8 Å². The van der Waals surface area contributed by atoms with Crippen LogP contribution < -0.4 is 10.1 Å². The van der Waals surface area contributed by atoms with E-state index in [9.17, 15) is 4.79 Å². The minimum Gasteiger partial charge on any atom is -0.497 e. The Hall–Kier alpha value is -2.73. The molecular formula is C22H23N3O2S. The zero-order valence-corrected chi connectivity index (χ0v) is 17.1. The first kappa shape index (κ1) is 18.6. The Morgan fingerprint density at radius 2 is 2.07 bits per heavy atom. The average molecular weight is 394 g/mol. The molecular weight excluding hydrogens is 370 g/mol. The summed E-state index contributed by atoms with van der Waals surface area (Å²) in [6, 6.07) is 13.9. The van der Waals surface area contributed by atoms with Gasteiger partial charge in [-0.1, -0.05) is 29.8 Å². The molecule has 0 saturated carbocycles. The molecule has 3 aromatic rings. The number of carbonyl (C=O) groups excluding carboxylic acids is 1. The topological polar surface area (TPSA) is 56.1 Å². The van der Waals surface area contributed by atoms with Crippen molar-refractivity contribution in [2.45, 2.75) is 31.8 Å². The van der Waals surface area contributed by atoms with Gasteiger partial charge in [0, 0.05) is 17.1 Å². The first-order valence-electron chi connectivity index (χ1n) is 9.24. The van der Waals surface area contributed by atoms with Crippen molar-refractivity contribution in [3.63, 3.8) is 0 Å². The minimum absolute atomic E-state index is 0.0566. The first-order chi connectivity index (χ1) is 13.5. The van der Waals surface area contributed by atoms with Gasteiger partial charge in [-0.25, -0.2) is 4.68 Å². The number of aromatic nitrogens is 2. The van der Waals surface area contributed by atoms with Crippen LogP contribution in [0.4, 0.5) is 5.82 Å². The molecule has 1 amide bonds. The molecule has 0 saturated heterocycles. The fourth-order valence-electron chi connectivity index (χ4n) is 3.50. The lowest BCUT2D eigenvalue weighted by Gasteiger charge is -2.13. The number of hydrogen-bond acceptors (Lipinski definition) is 4. The molecule has 4 rings (SSSR count). The van der Waals surface area contributed by atoms with Gasteiger partial charge in [0.25, 0.3) is 0 Å². The Balaban J connectivity index is 1.64. The molecule has 1 aliphatic rings. The molecule has 0 bridgehead atoms. The van der Waals surface area contributed by atoms with Gasteiger partial charge in [-0.05, 0) is 43.2 Å². The smallest absolute Gasteiger partial charge is 0.229 e. The van der Waals surface area contributed by atoms with Crippen LogP contribution in [-0.4, -0.2) is 22.8 Å². The number of nitrogens with zero attached hydrogens (tertiary/aromatic N) is 2. The highest BCUT2D eigenvalue weighted by Gasteiger charge is 2.25. The second-order valence-corrected chi connectivity index (χ2v) is 8.03. The van der Waals surface area contributed by atoms with Gasteiger partial charge in [-0.3, -0.25) is 4.79 Å². The summed E-state index contributed by atoms with van der Waals surface area (Å²) in [6.45, 7) is 4.15. The SMILES string of the molecule is COc1cccc(CC(=O)Nc2c3c(nn2-c2ccc(C)cc2C)CSC3)c1. The van der Waals surface area contributed by atoms with Crippen LogP contribution in [0.15, 0.2) is 42.5 Å². The largest absolute Gasteiger partial charge is 0.497 e. The second-order valence-electron chi connectivity index (χ2n) is 7.04. The Morgan fingerprint density at radius 3 is 2.86 bits per heavy atom. The Morgan fingerprint density at radius 1 is 1.21 bits per heavy atom. The van der Waals surface area contributed by atoms with E-state index in [4.69, 9.17) is 9.84 Å². The number of ether oxygens (including phenoxy) is 1. The highest BCUT2D eigenvalue weighted by atomic mass is 32.2. The molecule has 0 fully saturated rings. The number of thioether (sulfide) groups is 1. The molecule has 2 heterocycles. The van der Waals surface area contributed by atoms with Gasteiger partial charge < -0.3 is 10.1 Å². The molecule has 1 aliphatic heterocycles. The Bertz CT molecular complexity index is 1040. The molecule has 0 radical (unpaired) electrons. The Kier molecular flexibility index (Phi) is 5.13. The standard InChI is InChI=1S/C22H23N3O2S/c1-14-7-8-20(15(2)9-14)25-22(18-12-28-13-19(18)24-25)23-21(26)11-16-5-4-6-17(10-16)27-3/h4-10H,11-13H2,1-3H3,(H,23,26). The number of aryl methyl sites for hydroxylation is 2. The van der Waals surface area contributed by atoms with Crippen LogP contribution in [0, 0.1) is 13.8 Å². The third-order valence-electron chi connectivity index (χ3n) is 4.89. The Labute approximate surface area is 169 Å². The van der Waals surface area contributed by atoms with Crippen molar-refractivity contribution < 1.29 is 9.53 Å². The number of methoxy groups -OCH3 is 1. The summed E-state index contributed by atoms with van der Waals surface area (Å²) in [5.74, 6) is 3.24. The zero-order chi connectivity index (χ0) is 19.7. The highest BCUT2D eigenvalue weighted by Crippen LogP contribution is 2.36. The van der Waals surface area contributed by atoms with Crippen molar-refractivity contribution in [1.29, 1.82) is 0 Å². The number of amides is 1. The van der Waals surface area contributed by atoms with E-state index >= 15 is 0 Å². The van der Waals surface area contributed by atoms with Crippen molar-refractivity contribution in [2.75, 3.05) is 12.4 Å². The van der Waals surface area contributed by atoms with Crippen LogP contribution in [0.5, 0.6) is 5.75 Å². The predicted molar refractivity (Wildman–Crippen MR) is 113 cm³/mol. The molecule has 0 aliphatic carbocycles.